The Morgan fingerprint density at radius 2 is 2.37 bits per heavy atom. The summed E-state index contributed by atoms with van der Waals surface area (Å²) in [7, 11) is 0. The van der Waals surface area contributed by atoms with E-state index in [1.54, 1.807) is 0 Å². The second kappa shape index (κ2) is 6.92. The highest BCUT2D eigenvalue weighted by Gasteiger charge is 2.26. The summed E-state index contributed by atoms with van der Waals surface area (Å²) in [5.74, 6) is -0.0359. The number of halogens is 1. The van der Waals surface area contributed by atoms with Gasteiger partial charge in [0.1, 0.15) is 0 Å². The fraction of sp³-hybridized carbons (Fsp3) is 0.533. The molecule has 104 valence electrons. The Bertz CT molecular complexity index is 436. The van der Waals surface area contributed by atoms with Gasteiger partial charge in [-0.15, -0.1) is 0 Å². The van der Waals surface area contributed by atoms with E-state index in [9.17, 15) is 4.79 Å². The Morgan fingerprint density at radius 3 is 3.11 bits per heavy atom. The third-order valence-electron chi connectivity index (χ3n) is 3.42. The molecule has 4 heteroatoms. The zero-order valence-corrected chi connectivity index (χ0v) is 12.0. The molecule has 0 aliphatic carbocycles. The first-order valence-electron chi connectivity index (χ1n) is 6.82. The predicted molar refractivity (Wildman–Crippen MR) is 76.1 cm³/mol. The lowest BCUT2D eigenvalue weighted by atomic mass is 9.98. The van der Waals surface area contributed by atoms with Crippen LogP contribution in [-0.2, 0) is 16.1 Å². The molecule has 0 amide bonds. The fourth-order valence-electron chi connectivity index (χ4n) is 2.55. The van der Waals surface area contributed by atoms with Crippen LogP contribution in [0.5, 0.6) is 0 Å². The summed E-state index contributed by atoms with van der Waals surface area (Å²) in [5, 5.41) is 0.761. The average Bonchev–Trinajstić information content (AvgIpc) is 2.39. The number of carbonyl (C=O) groups excluding carboxylic acids is 1. The van der Waals surface area contributed by atoms with Crippen LogP contribution in [0, 0.1) is 5.92 Å². The number of ether oxygens (including phenoxy) is 1. The molecular weight excluding hydrogens is 262 g/mol. The van der Waals surface area contributed by atoms with Gasteiger partial charge in [-0.3, -0.25) is 9.69 Å². The quantitative estimate of drug-likeness (QED) is 0.794. The minimum atomic E-state index is -0.0571. The minimum Gasteiger partial charge on any atom is -0.466 e. The summed E-state index contributed by atoms with van der Waals surface area (Å²) in [4.78, 5) is 14.1. The van der Waals surface area contributed by atoms with Crippen molar-refractivity contribution < 1.29 is 9.53 Å². The van der Waals surface area contributed by atoms with Crippen molar-refractivity contribution in [3.05, 3.63) is 34.9 Å². The maximum Gasteiger partial charge on any atom is 0.310 e. The summed E-state index contributed by atoms with van der Waals surface area (Å²) in [5.41, 5.74) is 1.19. The van der Waals surface area contributed by atoms with Gasteiger partial charge in [0, 0.05) is 18.1 Å². The van der Waals surface area contributed by atoms with Gasteiger partial charge < -0.3 is 4.74 Å². The van der Waals surface area contributed by atoms with Crippen molar-refractivity contribution in [1.82, 2.24) is 4.90 Å². The van der Waals surface area contributed by atoms with E-state index in [1.165, 1.54) is 5.56 Å². The number of benzene rings is 1. The summed E-state index contributed by atoms with van der Waals surface area (Å²) in [6.07, 6.45) is 1.98. The van der Waals surface area contributed by atoms with Gasteiger partial charge in [0.15, 0.2) is 0 Å². The van der Waals surface area contributed by atoms with Crippen LogP contribution >= 0.6 is 11.6 Å². The highest BCUT2D eigenvalue weighted by atomic mass is 35.5. The first-order chi connectivity index (χ1) is 9.19. The largest absolute Gasteiger partial charge is 0.466 e. The van der Waals surface area contributed by atoms with Crippen LogP contribution in [0.25, 0.3) is 0 Å². The molecule has 1 aromatic rings. The molecule has 1 fully saturated rings. The zero-order valence-electron chi connectivity index (χ0n) is 11.3. The predicted octanol–water partition coefficient (Wildman–Crippen LogP) is 3.12. The van der Waals surface area contributed by atoms with Crippen LogP contribution in [-0.4, -0.2) is 30.6 Å². The van der Waals surface area contributed by atoms with Crippen molar-refractivity contribution >= 4 is 17.6 Å². The number of nitrogens with zero attached hydrogens (tertiary/aromatic N) is 1. The number of esters is 1. The number of carbonyl (C=O) groups is 1. The number of hydrogen-bond acceptors (Lipinski definition) is 3. The molecule has 1 aromatic carbocycles. The molecule has 3 nitrogen and oxygen atoms in total. The van der Waals surface area contributed by atoms with E-state index in [0.717, 1.165) is 37.5 Å². The molecule has 0 bridgehead atoms. The van der Waals surface area contributed by atoms with Crippen molar-refractivity contribution in [1.29, 1.82) is 0 Å². The molecule has 0 spiro atoms. The molecule has 0 aromatic heterocycles. The second-order valence-electron chi connectivity index (χ2n) is 4.96. The van der Waals surface area contributed by atoms with E-state index < -0.39 is 0 Å². The van der Waals surface area contributed by atoms with Crippen LogP contribution in [0.3, 0.4) is 0 Å². The number of hydrogen-bond donors (Lipinski definition) is 0. The molecular formula is C15H20ClNO2. The molecule has 0 radical (unpaired) electrons. The summed E-state index contributed by atoms with van der Waals surface area (Å²) in [6.45, 7) is 4.97. The lowest BCUT2D eigenvalue weighted by Crippen LogP contribution is -2.38. The maximum absolute atomic E-state index is 11.8. The highest BCUT2D eigenvalue weighted by molar-refractivity contribution is 6.30. The van der Waals surface area contributed by atoms with Gasteiger partial charge >= 0.3 is 5.97 Å². The first kappa shape index (κ1) is 14.4. The van der Waals surface area contributed by atoms with Gasteiger partial charge in [-0.25, -0.2) is 0 Å². The molecule has 1 saturated heterocycles. The fourth-order valence-corrected chi connectivity index (χ4v) is 2.76. The highest BCUT2D eigenvalue weighted by Crippen LogP contribution is 2.20. The van der Waals surface area contributed by atoms with Crippen molar-refractivity contribution in [3.8, 4) is 0 Å². The molecule has 19 heavy (non-hydrogen) atoms. The zero-order chi connectivity index (χ0) is 13.7. The molecule has 0 saturated carbocycles. The van der Waals surface area contributed by atoms with E-state index >= 15 is 0 Å². The van der Waals surface area contributed by atoms with Crippen molar-refractivity contribution in [2.24, 2.45) is 5.92 Å². The van der Waals surface area contributed by atoms with Gasteiger partial charge in [-0.05, 0) is 44.0 Å². The maximum atomic E-state index is 11.8. The van der Waals surface area contributed by atoms with E-state index in [0.29, 0.717) is 6.61 Å². The minimum absolute atomic E-state index is 0.0212. The monoisotopic (exact) mass is 281 g/mol. The number of rotatable bonds is 4. The Hall–Kier alpha value is -1.06. The van der Waals surface area contributed by atoms with Crippen LogP contribution < -0.4 is 0 Å². The van der Waals surface area contributed by atoms with E-state index in [2.05, 4.69) is 11.0 Å². The van der Waals surface area contributed by atoms with Gasteiger partial charge in [0.05, 0.1) is 12.5 Å². The molecule has 1 aliphatic heterocycles. The van der Waals surface area contributed by atoms with E-state index in [-0.39, 0.29) is 11.9 Å². The Balaban J connectivity index is 1.92. The van der Waals surface area contributed by atoms with Crippen molar-refractivity contribution in [2.75, 3.05) is 19.7 Å². The van der Waals surface area contributed by atoms with Gasteiger partial charge in [-0.2, -0.15) is 0 Å². The summed E-state index contributed by atoms with van der Waals surface area (Å²) < 4.78 is 5.11. The van der Waals surface area contributed by atoms with Gasteiger partial charge in [-0.1, -0.05) is 23.7 Å². The van der Waals surface area contributed by atoms with Gasteiger partial charge in [0.25, 0.3) is 0 Å². The average molecular weight is 282 g/mol. The second-order valence-corrected chi connectivity index (χ2v) is 5.39. The van der Waals surface area contributed by atoms with Crippen LogP contribution in [0.2, 0.25) is 5.02 Å². The van der Waals surface area contributed by atoms with E-state index in [1.807, 2.05) is 25.1 Å². The smallest absolute Gasteiger partial charge is 0.310 e. The molecule has 1 aliphatic rings. The Morgan fingerprint density at radius 1 is 1.53 bits per heavy atom. The van der Waals surface area contributed by atoms with Crippen LogP contribution in [0.4, 0.5) is 0 Å². The van der Waals surface area contributed by atoms with Crippen LogP contribution in [0.1, 0.15) is 25.3 Å². The topological polar surface area (TPSA) is 29.5 Å². The Labute approximate surface area is 119 Å². The molecule has 0 unspecified atom stereocenters. The first-order valence-corrected chi connectivity index (χ1v) is 7.20. The molecule has 1 heterocycles. The van der Waals surface area contributed by atoms with Gasteiger partial charge in [0.2, 0.25) is 0 Å². The number of likely N-dealkylation sites (tertiary alicyclic amines) is 1. The van der Waals surface area contributed by atoms with Crippen molar-refractivity contribution in [3.63, 3.8) is 0 Å². The third-order valence-corrected chi connectivity index (χ3v) is 3.66. The molecule has 1 atom stereocenters. The third kappa shape index (κ3) is 4.22. The Kier molecular flexibility index (Phi) is 5.23. The van der Waals surface area contributed by atoms with Crippen LogP contribution in [0.15, 0.2) is 24.3 Å². The van der Waals surface area contributed by atoms with Crippen molar-refractivity contribution in [2.45, 2.75) is 26.3 Å². The standard InChI is InChI=1S/C15H20ClNO2/c1-2-19-15(18)13-6-4-8-17(11-13)10-12-5-3-7-14(16)9-12/h3,5,7,9,13H,2,4,6,8,10-11H2,1H3/t13-/m0/s1. The molecule has 0 N–H and O–H groups in total. The SMILES string of the molecule is CCOC(=O)[C@H]1CCCN(Cc2cccc(Cl)c2)C1. The lowest BCUT2D eigenvalue weighted by Gasteiger charge is -2.31. The molecule has 2 rings (SSSR count). The summed E-state index contributed by atoms with van der Waals surface area (Å²) in [6, 6.07) is 7.89. The summed E-state index contributed by atoms with van der Waals surface area (Å²) >= 11 is 5.99. The lowest BCUT2D eigenvalue weighted by molar-refractivity contribution is -0.150. The van der Waals surface area contributed by atoms with E-state index in [4.69, 9.17) is 16.3 Å². The normalized spacial score (nSPS) is 20.2. The number of piperidine rings is 1.